The van der Waals surface area contributed by atoms with Crippen LogP contribution in [0.5, 0.6) is 0 Å². The molecule has 0 N–H and O–H groups in total. The van der Waals surface area contributed by atoms with Crippen molar-refractivity contribution in [1.82, 2.24) is 14.7 Å². The van der Waals surface area contributed by atoms with Crippen LogP contribution in [0.4, 0.5) is 0 Å². The standard InChI is InChI=1S/C28H25N3O3S/c1-19-6-2-3-7-22(19)20-10-12-21(13-11-20)31-27-23-8-4-5-9-25(23)35(33)18-24(27)26(29-31)28(32)30-14-16-34-17-15-30/h2-13H,14-18H2,1H3. The van der Waals surface area contributed by atoms with Gasteiger partial charge in [-0.05, 0) is 41.8 Å². The molecule has 2 aliphatic rings. The van der Waals surface area contributed by atoms with Crippen LogP contribution in [0.15, 0.2) is 77.7 Å². The number of hydrogen-bond donors (Lipinski definition) is 0. The number of hydrogen-bond acceptors (Lipinski definition) is 4. The minimum absolute atomic E-state index is 0.129. The van der Waals surface area contributed by atoms with Gasteiger partial charge in [0, 0.05) is 29.1 Å². The van der Waals surface area contributed by atoms with Gasteiger partial charge in [0.1, 0.15) is 0 Å². The zero-order valence-corrected chi connectivity index (χ0v) is 20.3. The predicted molar refractivity (Wildman–Crippen MR) is 136 cm³/mol. The van der Waals surface area contributed by atoms with Crippen molar-refractivity contribution in [2.45, 2.75) is 17.6 Å². The van der Waals surface area contributed by atoms with Gasteiger partial charge in [-0.3, -0.25) is 9.00 Å². The summed E-state index contributed by atoms with van der Waals surface area (Å²) in [6.07, 6.45) is 0. The Hall–Kier alpha value is -3.55. The Kier molecular flexibility index (Phi) is 5.59. The number of aryl methyl sites for hydroxylation is 1. The van der Waals surface area contributed by atoms with E-state index in [2.05, 4.69) is 31.2 Å². The third-order valence-electron chi connectivity index (χ3n) is 6.72. The molecule has 6 rings (SSSR count). The van der Waals surface area contributed by atoms with Gasteiger partial charge in [-0.2, -0.15) is 5.10 Å². The average molecular weight is 484 g/mol. The molecule has 4 aromatic rings. The highest BCUT2D eigenvalue weighted by Crippen LogP contribution is 2.39. The number of carbonyl (C=O) groups excluding carboxylic acids is 1. The number of fused-ring (bicyclic) bond motifs is 3. The van der Waals surface area contributed by atoms with Crippen molar-refractivity contribution in [3.05, 3.63) is 89.6 Å². The quantitative estimate of drug-likeness (QED) is 0.427. The largest absolute Gasteiger partial charge is 0.378 e. The fraction of sp³-hybridized carbons (Fsp3) is 0.214. The maximum Gasteiger partial charge on any atom is 0.274 e. The Morgan fingerprint density at radius 3 is 2.34 bits per heavy atom. The number of aromatic nitrogens is 2. The summed E-state index contributed by atoms with van der Waals surface area (Å²) in [7, 11) is -1.23. The summed E-state index contributed by atoms with van der Waals surface area (Å²) >= 11 is 0. The maximum absolute atomic E-state index is 13.5. The topological polar surface area (TPSA) is 64.4 Å². The number of amides is 1. The zero-order valence-electron chi connectivity index (χ0n) is 19.4. The SMILES string of the molecule is Cc1ccccc1-c1ccc(-n2nc(C(=O)N3CCOCC3)c3c2-c2ccccc2S(=O)C3)cc1. The van der Waals surface area contributed by atoms with E-state index in [9.17, 15) is 9.00 Å². The molecule has 3 aromatic carbocycles. The van der Waals surface area contributed by atoms with Crippen LogP contribution in [0.3, 0.4) is 0 Å². The molecule has 1 saturated heterocycles. The van der Waals surface area contributed by atoms with Crippen LogP contribution < -0.4 is 0 Å². The van der Waals surface area contributed by atoms with E-state index in [4.69, 9.17) is 9.84 Å². The molecule has 3 heterocycles. The molecule has 1 amide bonds. The molecule has 2 aliphatic heterocycles. The first-order valence-corrected chi connectivity index (χ1v) is 13.1. The first-order valence-electron chi connectivity index (χ1n) is 11.7. The van der Waals surface area contributed by atoms with Crippen molar-refractivity contribution < 1.29 is 13.7 Å². The van der Waals surface area contributed by atoms with Crippen molar-refractivity contribution in [1.29, 1.82) is 0 Å². The van der Waals surface area contributed by atoms with Crippen molar-refractivity contribution >= 4 is 16.7 Å². The lowest BCUT2D eigenvalue weighted by atomic mass is 10.0. The third-order valence-corrected chi connectivity index (χ3v) is 8.11. The molecule has 0 bridgehead atoms. The second-order valence-corrected chi connectivity index (χ2v) is 10.3. The van der Waals surface area contributed by atoms with Crippen LogP contribution in [0.2, 0.25) is 0 Å². The van der Waals surface area contributed by atoms with Gasteiger partial charge in [0.15, 0.2) is 5.69 Å². The number of rotatable bonds is 3. The van der Waals surface area contributed by atoms with Crippen molar-refractivity contribution in [2.24, 2.45) is 0 Å². The lowest BCUT2D eigenvalue weighted by molar-refractivity contribution is 0.0298. The number of nitrogens with zero attached hydrogens (tertiary/aromatic N) is 3. The van der Waals surface area contributed by atoms with Gasteiger partial charge in [0.25, 0.3) is 5.91 Å². The van der Waals surface area contributed by atoms with Crippen LogP contribution in [-0.2, 0) is 21.3 Å². The van der Waals surface area contributed by atoms with Gasteiger partial charge >= 0.3 is 0 Å². The summed E-state index contributed by atoms with van der Waals surface area (Å²) in [6.45, 7) is 4.21. The minimum atomic E-state index is -1.23. The van der Waals surface area contributed by atoms with Crippen LogP contribution in [-0.4, -0.2) is 51.1 Å². The van der Waals surface area contributed by atoms with E-state index >= 15 is 0 Å². The Labute approximate surface area is 206 Å². The molecule has 1 atom stereocenters. The molecule has 1 fully saturated rings. The Morgan fingerprint density at radius 2 is 1.60 bits per heavy atom. The Bertz CT molecular complexity index is 1450. The van der Waals surface area contributed by atoms with Gasteiger partial charge in [-0.25, -0.2) is 4.68 Å². The maximum atomic E-state index is 13.5. The highest BCUT2D eigenvalue weighted by atomic mass is 32.2. The molecular formula is C28H25N3O3S. The normalized spacial score (nSPS) is 17.1. The van der Waals surface area contributed by atoms with E-state index in [1.807, 2.05) is 53.2 Å². The van der Waals surface area contributed by atoms with Crippen molar-refractivity contribution in [2.75, 3.05) is 26.3 Å². The lowest BCUT2D eigenvalue weighted by Crippen LogP contribution is -2.41. The number of carbonyl (C=O) groups is 1. The molecule has 0 saturated carbocycles. The van der Waals surface area contributed by atoms with Crippen molar-refractivity contribution in [3.63, 3.8) is 0 Å². The number of morpholine rings is 1. The smallest absolute Gasteiger partial charge is 0.274 e. The summed E-state index contributed by atoms with van der Waals surface area (Å²) < 4.78 is 20.4. The Balaban J connectivity index is 1.49. The zero-order chi connectivity index (χ0) is 23.9. The lowest BCUT2D eigenvalue weighted by Gasteiger charge is -2.26. The molecule has 176 valence electrons. The molecule has 1 unspecified atom stereocenters. The minimum Gasteiger partial charge on any atom is -0.378 e. The van der Waals surface area contributed by atoms with Gasteiger partial charge in [0.2, 0.25) is 0 Å². The fourth-order valence-corrected chi connectivity index (χ4v) is 6.22. The average Bonchev–Trinajstić information content (AvgIpc) is 3.29. The van der Waals surface area contributed by atoms with Crippen LogP contribution >= 0.6 is 0 Å². The molecule has 6 nitrogen and oxygen atoms in total. The molecule has 1 aromatic heterocycles. The second kappa shape index (κ2) is 8.91. The number of benzene rings is 3. The highest BCUT2D eigenvalue weighted by molar-refractivity contribution is 7.84. The van der Waals surface area contributed by atoms with E-state index in [1.165, 1.54) is 11.1 Å². The van der Waals surface area contributed by atoms with E-state index in [1.54, 1.807) is 4.90 Å². The fourth-order valence-electron chi connectivity index (χ4n) is 4.89. The molecule has 0 aliphatic carbocycles. The third kappa shape index (κ3) is 3.81. The van der Waals surface area contributed by atoms with Gasteiger partial charge < -0.3 is 9.64 Å². The summed E-state index contributed by atoms with van der Waals surface area (Å²) in [5, 5.41) is 4.84. The first kappa shape index (κ1) is 21.9. The van der Waals surface area contributed by atoms with E-state index in [0.717, 1.165) is 33.0 Å². The van der Waals surface area contributed by atoms with Crippen molar-refractivity contribution in [3.8, 4) is 28.1 Å². The van der Waals surface area contributed by atoms with Gasteiger partial charge in [-0.15, -0.1) is 0 Å². The van der Waals surface area contributed by atoms with E-state index in [0.29, 0.717) is 32.0 Å². The second-order valence-electron chi connectivity index (χ2n) is 8.84. The predicted octanol–water partition coefficient (Wildman–Crippen LogP) is 4.61. The first-order chi connectivity index (χ1) is 17.1. The van der Waals surface area contributed by atoms with Gasteiger partial charge in [0.05, 0.1) is 41.1 Å². The van der Waals surface area contributed by atoms with E-state index in [-0.39, 0.29) is 11.7 Å². The highest BCUT2D eigenvalue weighted by Gasteiger charge is 2.34. The number of ether oxygens (including phenoxy) is 1. The van der Waals surface area contributed by atoms with Crippen LogP contribution in [0, 0.1) is 6.92 Å². The summed E-state index contributed by atoms with van der Waals surface area (Å²) in [6, 6.07) is 24.2. The van der Waals surface area contributed by atoms with Crippen LogP contribution in [0.1, 0.15) is 21.6 Å². The molecule has 0 radical (unpaired) electrons. The van der Waals surface area contributed by atoms with E-state index < -0.39 is 10.8 Å². The van der Waals surface area contributed by atoms with Crippen LogP contribution in [0.25, 0.3) is 28.1 Å². The van der Waals surface area contributed by atoms with Gasteiger partial charge in [-0.1, -0.05) is 54.6 Å². The summed E-state index contributed by atoms with van der Waals surface area (Å²) in [5.41, 5.74) is 7.23. The Morgan fingerprint density at radius 1 is 0.914 bits per heavy atom. The summed E-state index contributed by atoms with van der Waals surface area (Å²) in [5.74, 6) is 0.148. The molecule has 35 heavy (non-hydrogen) atoms. The summed E-state index contributed by atoms with van der Waals surface area (Å²) in [4.78, 5) is 16.1. The monoisotopic (exact) mass is 483 g/mol. The molecule has 0 spiro atoms. The molecule has 7 heteroatoms. The molecular weight excluding hydrogens is 458 g/mol.